The van der Waals surface area contributed by atoms with Gasteiger partial charge in [0.05, 0.1) is 35.2 Å². The summed E-state index contributed by atoms with van der Waals surface area (Å²) in [4.78, 5) is 38.6. The number of thiophene rings is 1. The van der Waals surface area contributed by atoms with E-state index in [4.69, 9.17) is 9.47 Å². The van der Waals surface area contributed by atoms with Crippen LogP contribution in [0.2, 0.25) is 0 Å². The Morgan fingerprint density at radius 3 is 1.76 bits per heavy atom. The highest BCUT2D eigenvalue weighted by atomic mass is 32.1. The van der Waals surface area contributed by atoms with Gasteiger partial charge in [0, 0.05) is 24.5 Å². The summed E-state index contributed by atoms with van der Waals surface area (Å²) in [6.07, 6.45) is 6.49. The number of aromatic nitrogens is 2. The number of pyridine rings is 2. The Hall–Kier alpha value is -3.46. The van der Waals surface area contributed by atoms with Gasteiger partial charge in [0.15, 0.2) is 0 Å². The summed E-state index contributed by atoms with van der Waals surface area (Å²) < 4.78 is 11.2. The number of carbonyl (C=O) groups excluding carboxylic acids is 2. The van der Waals surface area contributed by atoms with Crippen molar-refractivity contribution < 1.29 is 19.1 Å². The molecule has 0 atom stereocenters. The molecule has 5 heterocycles. The molecule has 146 valence electrons. The molecule has 0 spiro atoms. The van der Waals surface area contributed by atoms with Crippen LogP contribution in [0.3, 0.4) is 0 Å². The minimum absolute atomic E-state index is 0.171. The summed E-state index contributed by atoms with van der Waals surface area (Å²) in [6, 6.07) is 6.86. The third kappa shape index (κ3) is 3.09. The van der Waals surface area contributed by atoms with Crippen molar-refractivity contribution in [2.24, 2.45) is 0 Å². The summed E-state index contributed by atoms with van der Waals surface area (Å²) in [5, 5.41) is 0. The number of carbonyl (C=O) groups is 2. The monoisotopic (exact) mass is 408 g/mol. The van der Waals surface area contributed by atoms with E-state index in [0.717, 1.165) is 0 Å². The molecule has 5 rings (SSSR count). The normalized spacial score (nSPS) is 15.0. The largest absolute Gasteiger partial charge is 0.489 e. The molecule has 0 fully saturated rings. The zero-order valence-electron chi connectivity index (χ0n) is 15.3. The summed E-state index contributed by atoms with van der Waals surface area (Å²) >= 11 is 1.18. The van der Waals surface area contributed by atoms with E-state index in [1.54, 1.807) is 58.9 Å². The van der Waals surface area contributed by atoms with E-state index < -0.39 is 0 Å². The van der Waals surface area contributed by atoms with Crippen molar-refractivity contribution in [1.82, 2.24) is 9.97 Å². The van der Waals surface area contributed by atoms with E-state index in [9.17, 15) is 9.59 Å². The molecule has 0 saturated heterocycles. The zero-order chi connectivity index (χ0) is 19.8. The lowest BCUT2D eigenvalue weighted by atomic mass is 10.2. The molecular formula is C20H16N4O4S. The minimum atomic E-state index is -0.171. The van der Waals surface area contributed by atoms with E-state index in [2.05, 4.69) is 9.97 Å². The number of fused-ring (bicyclic) bond motifs is 2. The molecule has 9 heteroatoms. The Morgan fingerprint density at radius 1 is 0.793 bits per heavy atom. The number of rotatable bonds is 2. The number of anilines is 2. The predicted octanol–water partition coefficient (Wildman–Crippen LogP) is 2.62. The van der Waals surface area contributed by atoms with Crippen LogP contribution in [-0.2, 0) is 0 Å². The first-order valence-electron chi connectivity index (χ1n) is 9.09. The van der Waals surface area contributed by atoms with Crippen molar-refractivity contribution in [3.8, 4) is 11.5 Å². The third-order valence-electron chi connectivity index (χ3n) is 4.77. The second-order valence-electron chi connectivity index (χ2n) is 6.46. The lowest BCUT2D eigenvalue weighted by molar-refractivity contribution is 0.0974. The number of nitrogens with zero attached hydrogens (tertiary/aromatic N) is 4. The lowest BCUT2D eigenvalue weighted by Crippen LogP contribution is -2.38. The van der Waals surface area contributed by atoms with Crippen LogP contribution in [0.1, 0.15) is 19.3 Å². The fraction of sp³-hybridized carbons (Fsp3) is 0.200. The SMILES string of the molecule is O=C(c1ccc(C(=O)N2CCOc3ccncc32)s1)N1CCOc2ccncc21. The van der Waals surface area contributed by atoms with Gasteiger partial charge in [-0.15, -0.1) is 11.3 Å². The Kier molecular flexibility index (Phi) is 4.36. The summed E-state index contributed by atoms with van der Waals surface area (Å²) in [5.74, 6) is 0.918. The number of amides is 2. The standard InChI is InChI=1S/C20H16N4O4S/c25-19(23-7-9-27-15-3-5-21-11-13(15)23)17-1-2-18(29-17)20(26)24-8-10-28-16-4-6-22-12-14(16)24/h1-6,11-12H,7-10H2. The summed E-state index contributed by atoms with van der Waals surface area (Å²) in [6.45, 7) is 1.69. The predicted molar refractivity (Wildman–Crippen MR) is 107 cm³/mol. The molecular weight excluding hydrogens is 392 g/mol. The van der Waals surface area contributed by atoms with Gasteiger partial charge in [-0.25, -0.2) is 0 Å². The maximum atomic E-state index is 13.1. The maximum Gasteiger partial charge on any atom is 0.268 e. The van der Waals surface area contributed by atoms with Gasteiger partial charge in [-0.1, -0.05) is 0 Å². The van der Waals surface area contributed by atoms with Crippen molar-refractivity contribution in [1.29, 1.82) is 0 Å². The Bertz CT molecular complexity index is 1020. The highest BCUT2D eigenvalue weighted by Gasteiger charge is 2.29. The molecule has 2 amide bonds. The molecule has 2 aliphatic rings. The van der Waals surface area contributed by atoms with Gasteiger partial charge in [-0.3, -0.25) is 29.4 Å². The van der Waals surface area contributed by atoms with Gasteiger partial charge >= 0.3 is 0 Å². The molecule has 0 saturated carbocycles. The van der Waals surface area contributed by atoms with Crippen molar-refractivity contribution in [3.05, 3.63) is 58.8 Å². The van der Waals surface area contributed by atoms with Crippen molar-refractivity contribution in [2.75, 3.05) is 36.1 Å². The number of hydrogen-bond donors (Lipinski definition) is 0. The van der Waals surface area contributed by atoms with E-state index >= 15 is 0 Å². The molecule has 0 aromatic carbocycles. The quantitative estimate of drug-likeness (QED) is 0.648. The smallest absolute Gasteiger partial charge is 0.268 e. The fourth-order valence-electron chi connectivity index (χ4n) is 3.39. The molecule has 0 unspecified atom stereocenters. The van der Waals surface area contributed by atoms with Crippen molar-refractivity contribution in [2.45, 2.75) is 0 Å². The Balaban J connectivity index is 1.41. The molecule has 0 aliphatic carbocycles. The topological polar surface area (TPSA) is 84.9 Å². The third-order valence-corrected chi connectivity index (χ3v) is 5.83. The summed E-state index contributed by atoms with van der Waals surface area (Å²) in [5.41, 5.74) is 1.27. The van der Waals surface area contributed by atoms with Crippen LogP contribution < -0.4 is 19.3 Å². The average molecular weight is 408 g/mol. The van der Waals surface area contributed by atoms with E-state index in [0.29, 0.717) is 58.9 Å². The second kappa shape index (κ2) is 7.17. The highest BCUT2D eigenvalue weighted by molar-refractivity contribution is 7.16. The zero-order valence-corrected chi connectivity index (χ0v) is 16.1. The van der Waals surface area contributed by atoms with Gasteiger partial charge in [-0.2, -0.15) is 0 Å². The van der Waals surface area contributed by atoms with Crippen LogP contribution in [0.4, 0.5) is 11.4 Å². The molecule has 3 aromatic rings. The lowest BCUT2D eigenvalue weighted by Gasteiger charge is -2.29. The summed E-state index contributed by atoms with van der Waals surface area (Å²) in [7, 11) is 0. The Morgan fingerprint density at radius 2 is 1.28 bits per heavy atom. The average Bonchev–Trinajstić information content (AvgIpc) is 3.28. The van der Waals surface area contributed by atoms with Crippen molar-refractivity contribution >= 4 is 34.5 Å². The first-order valence-corrected chi connectivity index (χ1v) is 9.91. The first kappa shape index (κ1) is 17.6. The minimum Gasteiger partial charge on any atom is -0.489 e. The molecule has 8 nitrogen and oxygen atoms in total. The van der Waals surface area contributed by atoms with Crippen LogP contribution in [0.15, 0.2) is 49.1 Å². The number of hydrogen-bond acceptors (Lipinski definition) is 7. The van der Waals surface area contributed by atoms with Crippen LogP contribution >= 0.6 is 11.3 Å². The van der Waals surface area contributed by atoms with Crippen LogP contribution in [0, 0.1) is 0 Å². The van der Waals surface area contributed by atoms with Gasteiger partial charge in [0.2, 0.25) is 0 Å². The fourth-order valence-corrected chi connectivity index (χ4v) is 4.29. The highest BCUT2D eigenvalue weighted by Crippen LogP contribution is 2.34. The van der Waals surface area contributed by atoms with Gasteiger partial charge in [0.25, 0.3) is 11.8 Å². The van der Waals surface area contributed by atoms with Gasteiger partial charge < -0.3 is 9.47 Å². The van der Waals surface area contributed by atoms with E-state index in [1.807, 2.05) is 0 Å². The molecule has 0 radical (unpaired) electrons. The maximum absolute atomic E-state index is 13.1. The molecule has 29 heavy (non-hydrogen) atoms. The van der Waals surface area contributed by atoms with E-state index in [-0.39, 0.29) is 11.8 Å². The van der Waals surface area contributed by atoms with Crippen LogP contribution in [0.5, 0.6) is 11.5 Å². The van der Waals surface area contributed by atoms with Gasteiger partial charge in [0.1, 0.15) is 36.1 Å². The Labute approximate surface area is 170 Å². The second-order valence-corrected chi connectivity index (χ2v) is 7.54. The number of ether oxygens (including phenoxy) is 2. The van der Waals surface area contributed by atoms with Crippen molar-refractivity contribution in [3.63, 3.8) is 0 Å². The molecule has 0 bridgehead atoms. The molecule has 3 aromatic heterocycles. The van der Waals surface area contributed by atoms with Crippen LogP contribution in [0.25, 0.3) is 0 Å². The molecule has 2 aliphatic heterocycles. The molecule has 0 N–H and O–H groups in total. The van der Waals surface area contributed by atoms with E-state index in [1.165, 1.54) is 11.3 Å². The van der Waals surface area contributed by atoms with Gasteiger partial charge in [-0.05, 0) is 12.1 Å². The van der Waals surface area contributed by atoms with Crippen LogP contribution in [-0.4, -0.2) is 48.1 Å². The first-order chi connectivity index (χ1) is 14.2.